The summed E-state index contributed by atoms with van der Waals surface area (Å²) in [6, 6.07) is 1.33. The molecule has 1 unspecified atom stereocenters. The van der Waals surface area contributed by atoms with Crippen molar-refractivity contribution in [2.75, 3.05) is 17.7 Å². The normalized spacial score (nSPS) is 20.3. The maximum Gasteiger partial charge on any atom is 0.326 e. The van der Waals surface area contributed by atoms with E-state index in [1.54, 1.807) is 12.3 Å². The Bertz CT molecular complexity index is 413. The number of carboxylic acids is 1. The van der Waals surface area contributed by atoms with Crippen molar-refractivity contribution in [3.63, 3.8) is 0 Å². The lowest BCUT2D eigenvalue weighted by Crippen LogP contribution is -2.45. The summed E-state index contributed by atoms with van der Waals surface area (Å²) in [7, 11) is 0. The van der Waals surface area contributed by atoms with Gasteiger partial charge in [-0.05, 0) is 31.6 Å². The summed E-state index contributed by atoms with van der Waals surface area (Å²) in [5.74, 6) is -0.0505. The second kappa shape index (κ2) is 5.35. The van der Waals surface area contributed by atoms with E-state index in [0.29, 0.717) is 11.6 Å². The van der Waals surface area contributed by atoms with Crippen molar-refractivity contribution >= 4 is 23.5 Å². The molecule has 0 bridgehead atoms. The van der Waals surface area contributed by atoms with Gasteiger partial charge >= 0.3 is 5.97 Å². The van der Waals surface area contributed by atoms with Gasteiger partial charge in [-0.1, -0.05) is 11.8 Å². The zero-order chi connectivity index (χ0) is 12.3. The molecule has 0 aromatic carbocycles. The summed E-state index contributed by atoms with van der Waals surface area (Å²) in [4.78, 5) is 21.5. The van der Waals surface area contributed by atoms with Gasteiger partial charge in [-0.3, -0.25) is 0 Å². The van der Waals surface area contributed by atoms with Gasteiger partial charge in [-0.2, -0.15) is 0 Å². The Balaban J connectivity index is 2.26. The first-order valence-corrected chi connectivity index (χ1v) is 6.81. The molecule has 17 heavy (non-hydrogen) atoms. The summed E-state index contributed by atoms with van der Waals surface area (Å²) in [5.41, 5.74) is 0. The predicted molar refractivity (Wildman–Crippen MR) is 66.4 cm³/mol. The Kier molecular flexibility index (Phi) is 3.83. The summed E-state index contributed by atoms with van der Waals surface area (Å²) >= 11 is 1.46. The van der Waals surface area contributed by atoms with Crippen LogP contribution in [0.1, 0.15) is 19.3 Å². The molecule has 1 aliphatic rings. The summed E-state index contributed by atoms with van der Waals surface area (Å²) < 4.78 is 0. The maximum atomic E-state index is 11.2. The topological polar surface area (TPSA) is 66.3 Å². The van der Waals surface area contributed by atoms with Gasteiger partial charge in [0, 0.05) is 12.7 Å². The van der Waals surface area contributed by atoms with Crippen LogP contribution in [0.25, 0.3) is 0 Å². The molecule has 0 saturated carbocycles. The number of hydrogen-bond acceptors (Lipinski definition) is 5. The summed E-state index contributed by atoms with van der Waals surface area (Å²) in [6.07, 6.45) is 6.26. The van der Waals surface area contributed by atoms with E-state index in [0.717, 1.165) is 25.2 Å². The lowest BCUT2D eigenvalue weighted by Gasteiger charge is -2.33. The van der Waals surface area contributed by atoms with Gasteiger partial charge in [0.05, 0.1) is 0 Å². The number of aliphatic carboxylic acids is 1. The van der Waals surface area contributed by atoms with Gasteiger partial charge in [-0.15, -0.1) is 0 Å². The second-order valence-electron chi connectivity index (χ2n) is 3.94. The minimum Gasteiger partial charge on any atom is -0.480 e. The molecular weight excluding hydrogens is 238 g/mol. The van der Waals surface area contributed by atoms with Crippen LogP contribution in [-0.2, 0) is 4.79 Å². The third kappa shape index (κ3) is 2.69. The zero-order valence-corrected chi connectivity index (χ0v) is 10.5. The molecule has 1 N–H and O–H groups in total. The third-order valence-electron chi connectivity index (χ3n) is 2.88. The maximum absolute atomic E-state index is 11.2. The number of carbonyl (C=O) groups is 1. The van der Waals surface area contributed by atoms with Crippen LogP contribution in [0.3, 0.4) is 0 Å². The Morgan fingerprint density at radius 2 is 2.41 bits per heavy atom. The van der Waals surface area contributed by atoms with Gasteiger partial charge in [-0.25, -0.2) is 14.8 Å². The summed E-state index contributed by atoms with van der Waals surface area (Å²) in [6.45, 7) is 0.752. The molecule has 1 atom stereocenters. The minimum atomic E-state index is -0.769. The third-order valence-corrected chi connectivity index (χ3v) is 3.45. The van der Waals surface area contributed by atoms with E-state index in [1.165, 1.54) is 11.8 Å². The highest BCUT2D eigenvalue weighted by Crippen LogP contribution is 2.24. The average Bonchev–Trinajstić information content (AvgIpc) is 2.39. The first kappa shape index (κ1) is 12.2. The molecule has 6 heteroatoms. The Labute approximate surface area is 104 Å². The fourth-order valence-corrected chi connectivity index (χ4v) is 2.40. The smallest absolute Gasteiger partial charge is 0.326 e. The van der Waals surface area contributed by atoms with Crippen molar-refractivity contribution < 1.29 is 9.90 Å². The van der Waals surface area contributed by atoms with E-state index < -0.39 is 12.0 Å². The highest BCUT2D eigenvalue weighted by molar-refractivity contribution is 7.98. The van der Waals surface area contributed by atoms with Crippen LogP contribution >= 0.6 is 11.8 Å². The number of thioether (sulfide) groups is 1. The number of anilines is 1. The van der Waals surface area contributed by atoms with Gasteiger partial charge in [0.1, 0.15) is 11.9 Å². The Morgan fingerprint density at radius 1 is 1.59 bits per heavy atom. The number of piperidine rings is 1. The van der Waals surface area contributed by atoms with Gasteiger partial charge in [0.2, 0.25) is 0 Å². The lowest BCUT2D eigenvalue weighted by atomic mass is 10.0. The number of hydrogen-bond donors (Lipinski definition) is 1. The van der Waals surface area contributed by atoms with Crippen LogP contribution in [0.15, 0.2) is 17.4 Å². The van der Waals surface area contributed by atoms with Crippen LogP contribution < -0.4 is 4.90 Å². The highest BCUT2D eigenvalue weighted by Gasteiger charge is 2.29. The molecule has 1 saturated heterocycles. The molecule has 0 spiro atoms. The second-order valence-corrected chi connectivity index (χ2v) is 4.72. The molecule has 1 aromatic heterocycles. The molecule has 2 rings (SSSR count). The fourth-order valence-electron chi connectivity index (χ4n) is 2.05. The molecule has 1 aromatic rings. The lowest BCUT2D eigenvalue weighted by molar-refractivity contribution is -0.139. The SMILES string of the molecule is CSc1nccc(N2CCCCC2C(=O)O)n1. The largest absolute Gasteiger partial charge is 0.480 e. The molecule has 1 fully saturated rings. The number of nitrogens with zero attached hydrogens (tertiary/aromatic N) is 3. The Hall–Kier alpha value is -1.30. The van der Waals surface area contributed by atoms with E-state index in [9.17, 15) is 9.90 Å². The first-order chi connectivity index (χ1) is 8.22. The first-order valence-electron chi connectivity index (χ1n) is 5.59. The van der Waals surface area contributed by atoms with Crippen molar-refractivity contribution in [2.45, 2.75) is 30.5 Å². The van der Waals surface area contributed by atoms with Crippen molar-refractivity contribution in [1.82, 2.24) is 9.97 Å². The van der Waals surface area contributed by atoms with Gasteiger partial charge < -0.3 is 10.0 Å². The fraction of sp³-hybridized carbons (Fsp3) is 0.545. The molecule has 0 amide bonds. The molecule has 5 nitrogen and oxygen atoms in total. The quantitative estimate of drug-likeness (QED) is 0.652. The van der Waals surface area contributed by atoms with Crippen molar-refractivity contribution in [3.05, 3.63) is 12.3 Å². The predicted octanol–water partition coefficient (Wildman–Crippen LogP) is 1.64. The molecular formula is C11H15N3O2S. The Morgan fingerprint density at radius 3 is 3.12 bits per heavy atom. The molecule has 1 aliphatic heterocycles. The standard InChI is InChI=1S/C11H15N3O2S/c1-17-11-12-6-5-9(13-11)14-7-3-2-4-8(14)10(15)16/h5-6,8H,2-4,7H2,1H3,(H,15,16). The minimum absolute atomic E-state index is 0.451. The molecule has 2 heterocycles. The van der Waals surface area contributed by atoms with Gasteiger partial charge in [0.15, 0.2) is 5.16 Å². The van der Waals surface area contributed by atoms with E-state index in [-0.39, 0.29) is 0 Å². The van der Waals surface area contributed by atoms with Crippen LogP contribution in [-0.4, -0.2) is 39.9 Å². The average molecular weight is 253 g/mol. The van der Waals surface area contributed by atoms with Crippen LogP contribution in [0.5, 0.6) is 0 Å². The van der Waals surface area contributed by atoms with Crippen molar-refractivity contribution in [1.29, 1.82) is 0 Å². The van der Waals surface area contributed by atoms with E-state index >= 15 is 0 Å². The number of rotatable bonds is 3. The zero-order valence-electron chi connectivity index (χ0n) is 9.67. The van der Waals surface area contributed by atoms with E-state index in [2.05, 4.69) is 9.97 Å². The van der Waals surface area contributed by atoms with Gasteiger partial charge in [0.25, 0.3) is 0 Å². The van der Waals surface area contributed by atoms with E-state index in [4.69, 9.17) is 0 Å². The van der Waals surface area contributed by atoms with Crippen LogP contribution in [0, 0.1) is 0 Å². The molecule has 0 radical (unpaired) electrons. The van der Waals surface area contributed by atoms with Crippen LogP contribution in [0.2, 0.25) is 0 Å². The number of carboxylic acid groups (broad SMARTS) is 1. The highest BCUT2D eigenvalue weighted by atomic mass is 32.2. The van der Waals surface area contributed by atoms with Crippen molar-refractivity contribution in [3.8, 4) is 0 Å². The molecule has 0 aliphatic carbocycles. The molecule has 92 valence electrons. The van der Waals surface area contributed by atoms with E-state index in [1.807, 2.05) is 11.2 Å². The van der Waals surface area contributed by atoms with Crippen LogP contribution in [0.4, 0.5) is 5.82 Å². The number of aromatic nitrogens is 2. The summed E-state index contributed by atoms with van der Waals surface area (Å²) in [5, 5.41) is 9.88. The monoisotopic (exact) mass is 253 g/mol. The van der Waals surface area contributed by atoms with Crippen molar-refractivity contribution in [2.24, 2.45) is 0 Å².